The minimum Gasteiger partial charge on any atom is -0.302 e. The lowest BCUT2D eigenvalue weighted by molar-refractivity contribution is 0.0167. The maximum Gasteiger partial charge on any atom is 0.477 e. The number of rotatable bonds is 6. The lowest BCUT2D eigenvalue weighted by Gasteiger charge is -2.13. The van der Waals surface area contributed by atoms with E-state index in [9.17, 15) is 13.3 Å². The maximum absolute atomic E-state index is 12.3. The standard InChI is InChI=1S/C6H9F2O4P/c1-3-5(7)11-13(9,10)12-6(8)4-2/h3-6H,1-2H2,(H,9,10). The van der Waals surface area contributed by atoms with Gasteiger partial charge in [-0.3, -0.25) is 0 Å². The van der Waals surface area contributed by atoms with E-state index in [1.165, 1.54) is 0 Å². The van der Waals surface area contributed by atoms with Gasteiger partial charge in [-0.2, -0.15) is 0 Å². The predicted octanol–water partition coefficient (Wildman–Crippen LogP) is 2.08. The smallest absolute Gasteiger partial charge is 0.302 e. The fraction of sp³-hybridized carbons (Fsp3) is 0.333. The Morgan fingerprint density at radius 2 is 1.54 bits per heavy atom. The van der Waals surface area contributed by atoms with Gasteiger partial charge in [-0.15, -0.1) is 0 Å². The molecule has 0 aliphatic rings. The Labute approximate surface area is 74.1 Å². The van der Waals surface area contributed by atoms with Crippen molar-refractivity contribution < 1.29 is 27.3 Å². The lowest BCUT2D eigenvalue weighted by atomic mass is 10.7. The molecule has 0 aromatic rings. The molecule has 0 amide bonds. The van der Waals surface area contributed by atoms with Crippen LogP contribution in [0.15, 0.2) is 25.3 Å². The van der Waals surface area contributed by atoms with E-state index in [4.69, 9.17) is 4.89 Å². The first-order valence-electron chi connectivity index (χ1n) is 3.14. The fourth-order valence-electron chi connectivity index (χ4n) is 0.365. The highest BCUT2D eigenvalue weighted by Gasteiger charge is 2.28. The summed E-state index contributed by atoms with van der Waals surface area (Å²) >= 11 is 0. The molecule has 7 heteroatoms. The summed E-state index contributed by atoms with van der Waals surface area (Å²) in [7, 11) is -4.73. The minimum atomic E-state index is -4.73. The Bertz CT molecular complexity index is 213. The summed E-state index contributed by atoms with van der Waals surface area (Å²) in [5.74, 6) is 0. The molecule has 0 fully saturated rings. The fourth-order valence-corrected chi connectivity index (χ4v) is 1.10. The molecule has 0 rings (SSSR count). The number of phosphoric acid groups is 1. The monoisotopic (exact) mass is 214 g/mol. The second-order valence-corrected chi connectivity index (χ2v) is 3.21. The van der Waals surface area contributed by atoms with Crippen LogP contribution in [0.3, 0.4) is 0 Å². The normalized spacial score (nSPS) is 19.9. The summed E-state index contributed by atoms with van der Waals surface area (Å²) in [6.45, 7) is 5.88. The first-order chi connectivity index (χ1) is 5.91. The van der Waals surface area contributed by atoms with Crippen LogP contribution >= 0.6 is 7.82 Å². The Morgan fingerprint density at radius 3 is 1.77 bits per heavy atom. The molecule has 0 aliphatic carbocycles. The van der Waals surface area contributed by atoms with Crippen LogP contribution in [0.25, 0.3) is 0 Å². The van der Waals surface area contributed by atoms with Crippen molar-refractivity contribution in [1.29, 1.82) is 0 Å². The number of hydrogen-bond donors (Lipinski definition) is 1. The molecule has 4 nitrogen and oxygen atoms in total. The van der Waals surface area contributed by atoms with Gasteiger partial charge in [0.1, 0.15) is 0 Å². The molecule has 2 unspecified atom stereocenters. The first kappa shape index (κ1) is 12.4. The summed E-state index contributed by atoms with van der Waals surface area (Å²) in [4.78, 5) is 8.65. The summed E-state index contributed by atoms with van der Waals surface area (Å²) in [6, 6.07) is 0. The third-order valence-corrected chi connectivity index (χ3v) is 1.77. The summed E-state index contributed by atoms with van der Waals surface area (Å²) < 4.78 is 42.8. The van der Waals surface area contributed by atoms with Gasteiger partial charge < -0.3 is 4.89 Å². The topological polar surface area (TPSA) is 55.8 Å². The molecule has 1 N–H and O–H groups in total. The van der Waals surface area contributed by atoms with Gasteiger partial charge in [-0.1, -0.05) is 13.2 Å². The molecule has 0 aromatic carbocycles. The van der Waals surface area contributed by atoms with Crippen LogP contribution in [-0.2, 0) is 13.6 Å². The third-order valence-electron chi connectivity index (χ3n) is 0.838. The Morgan fingerprint density at radius 1 is 1.23 bits per heavy atom. The van der Waals surface area contributed by atoms with Crippen molar-refractivity contribution in [1.82, 2.24) is 0 Å². The van der Waals surface area contributed by atoms with Crippen molar-refractivity contribution in [3.05, 3.63) is 25.3 Å². The minimum absolute atomic E-state index is 0.618. The first-order valence-corrected chi connectivity index (χ1v) is 4.63. The van der Waals surface area contributed by atoms with Crippen LogP contribution in [0.4, 0.5) is 8.78 Å². The highest BCUT2D eigenvalue weighted by Crippen LogP contribution is 2.46. The van der Waals surface area contributed by atoms with Gasteiger partial charge in [0.25, 0.3) is 0 Å². The molecule has 0 heterocycles. The van der Waals surface area contributed by atoms with Crippen molar-refractivity contribution in [2.45, 2.75) is 12.7 Å². The number of alkyl halides is 2. The van der Waals surface area contributed by atoms with Crippen molar-refractivity contribution >= 4 is 7.82 Å². The Balaban J connectivity index is 4.15. The van der Waals surface area contributed by atoms with Crippen molar-refractivity contribution in [3.63, 3.8) is 0 Å². The highest BCUT2D eigenvalue weighted by atomic mass is 31.2. The molecule has 13 heavy (non-hydrogen) atoms. The zero-order valence-electron chi connectivity index (χ0n) is 6.60. The van der Waals surface area contributed by atoms with E-state index < -0.39 is 20.5 Å². The molecular weight excluding hydrogens is 205 g/mol. The van der Waals surface area contributed by atoms with Crippen LogP contribution in [0.2, 0.25) is 0 Å². The van der Waals surface area contributed by atoms with E-state index in [1.54, 1.807) is 0 Å². The highest BCUT2D eigenvalue weighted by molar-refractivity contribution is 7.47. The van der Waals surface area contributed by atoms with Crippen LogP contribution in [0, 0.1) is 0 Å². The van der Waals surface area contributed by atoms with E-state index in [0.717, 1.165) is 0 Å². The predicted molar refractivity (Wildman–Crippen MR) is 42.2 cm³/mol. The largest absolute Gasteiger partial charge is 0.477 e. The van der Waals surface area contributed by atoms with E-state index in [-0.39, 0.29) is 0 Å². The van der Waals surface area contributed by atoms with Gasteiger partial charge in [-0.25, -0.2) is 22.4 Å². The average Bonchev–Trinajstić information content (AvgIpc) is 2.02. The van der Waals surface area contributed by atoms with Gasteiger partial charge in [-0.05, 0) is 12.2 Å². The van der Waals surface area contributed by atoms with Gasteiger partial charge in [0.2, 0.25) is 12.7 Å². The Kier molecular flexibility index (Phi) is 5.02. The molecule has 0 radical (unpaired) electrons. The van der Waals surface area contributed by atoms with E-state index >= 15 is 0 Å². The average molecular weight is 214 g/mol. The van der Waals surface area contributed by atoms with Crippen LogP contribution < -0.4 is 0 Å². The molecule has 0 aromatic heterocycles. The van der Waals surface area contributed by atoms with Crippen LogP contribution in [-0.4, -0.2) is 17.6 Å². The zero-order valence-corrected chi connectivity index (χ0v) is 7.49. The van der Waals surface area contributed by atoms with Gasteiger partial charge in [0, 0.05) is 0 Å². The number of hydrogen-bond acceptors (Lipinski definition) is 3. The summed E-state index contributed by atoms with van der Waals surface area (Å²) in [6.07, 6.45) is -3.14. The lowest BCUT2D eigenvalue weighted by Crippen LogP contribution is -2.06. The quantitative estimate of drug-likeness (QED) is 0.543. The van der Waals surface area contributed by atoms with Crippen LogP contribution in [0.5, 0.6) is 0 Å². The van der Waals surface area contributed by atoms with Crippen molar-refractivity contribution in [3.8, 4) is 0 Å². The van der Waals surface area contributed by atoms with E-state index in [1.807, 2.05) is 0 Å². The molecule has 76 valence electrons. The molecule has 0 aliphatic heterocycles. The van der Waals surface area contributed by atoms with Crippen molar-refractivity contribution in [2.24, 2.45) is 0 Å². The number of phosphoric ester groups is 1. The van der Waals surface area contributed by atoms with Gasteiger partial charge >= 0.3 is 7.82 Å². The zero-order chi connectivity index (χ0) is 10.5. The molecule has 2 atom stereocenters. The van der Waals surface area contributed by atoms with Gasteiger partial charge in [0.05, 0.1) is 0 Å². The molecular formula is C6H9F2O4P. The Hall–Kier alpha value is -0.550. The third kappa shape index (κ3) is 5.65. The van der Waals surface area contributed by atoms with E-state index in [0.29, 0.717) is 12.2 Å². The van der Waals surface area contributed by atoms with Gasteiger partial charge in [0.15, 0.2) is 0 Å². The SMILES string of the molecule is C=CC(F)OP(=O)(O)OC(F)C=C. The molecule has 0 saturated carbocycles. The molecule has 0 spiro atoms. The van der Waals surface area contributed by atoms with Crippen LogP contribution in [0.1, 0.15) is 0 Å². The van der Waals surface area contributed by atoms with Crippen molar-refractivity contribution in [2.75, 3.05) is 0 Å². The second kappa shape index (κ2) is 5.24. The summed E-state index contributed by atoms with van der Waals surface area (Å²) in [5, 5.41) is 0. The molecule has 0 bridgehead atoms. The maximum atomic E-state index is 12.3. The molecule has 0 saturated heterocycles. The second-order valence-electron chi connectivity index (χ2n) is 1.85. The number of halogens is 2. The summed E-state index contributed by atoms with van der Waals surface area (Å²) in [5.41, 5.74) is 0. The van der Waals surface area contributed by atoms with E-state index in [2.05, 4.69) is 22.2 Å².